The van der Waals surface area contributed by atoms with Crippen LogP contribution < -0.4 is 5.56 Å². The Bertz CT molecular complexity index is 728. The largest absolute Gasteiger partial charge is 0.319 e. The van der Waals surface area contributed by atoms with E-state index >= 15 is 0 Å². The van der Waals surface area contributed by atoms with Crippen LogP contribution in [0.15, 0.2) is 53.7 Å². The highest BCUT2D eigenvalue weighted by Gasteiger charge is 2.04. The number of fused-ring (bicyclic) bond motifs is 1. The zero-order valence-electron chi connectivity index (χ0n) is 8.92. The van der Waals surface area contributed by atoms with E-state index in [1.165, 1.54) is 6.20 Å². The summed E-state index contributed by atoms with van der Waals surface area (Å²) >= 11 is 0. The quantitative estimate of drug-likeness (QED) is 0.686. The molecule has 0 radical (unpaired) electrons. The molecule has 17 heavy (non-hydrogen) atoms. The molecule has 0 saturated carbocycles. The van der Waals surface area contributed by atoms with Crippen LogP contribution in [0.3, 0.4) is 0 Å². The van der Waals surface area contributed by atoms with Crippen LogP contribution in [0.1, 0.15) is 0 Å². The molecule has 0 bridgehead atoms. The van der Waals surface area contributed by atoms with Crippen molar-refractivity contribution in [2.45, 2.75) is 0 Å². The number of H-pyrrole nitrogens is 1. The number of hydrogen-bond acceptors (Lipinski definition) is 3. The van der Waals surface area contributed by atoms with E-state index in [9.17, 15) is 4.79 Å². The van der Waals surface area contributed by atoms with Crippen LogP contribution in [-0.2, 0) is 0 Å². The van der Waals surface area contributed by atoms with Crippen molar-refractivity contribution in [1.82, 2.24) is 15.0 Å². The van der Waals surface area contributed by atoms with E-state index in [0.29, 0.717) is 5.69 Å². The molecule has 0 unspecified atom stereocenters. The molecule has 0 spiro atoms. The molecule has 4 heteroatoms. The van der Waals surface area contributed by atoms with Gasteiger partial charge in [-0.2, -0.15) is 0 Å². The minimum atomic E-state index is -0.213. The molecule has 82 valence electrons. The molecule has 0 aliphatic rings. The molecule has 3 aromatic rings. The van der Waals surface area contributed by atoms with Gasteiger partial charge in [-0.1, -0.05) is 24.3 Å². The van der Waals surface area contributed by atoms with Gasteiger partial charge in [0.25, 0.3) is 5.56 Å². The molecule has 3 rings (SSSR count). The molecule has 0 atom stereocenters. The van der Waals surface area contributed by atoms with Crippen molar-refractivity contribution in [2.24, 2.45) is 0 Å². The lowest BCUT2D eigenvalue weighted by Crippen LogP contribution is -2.05. The van der Waals surface area contributed by atoms with Crippen molar-refractivity contribution in [1.29, 1.82) is 0 Å². The number of benzene rings is 1. The first-order valence-electron chi connectivity index (χ1n) is 5.23. The number of hydrogen-bond donors (Lipinski definition) is 1. The molecule has 0 fully saturated rings. The van der Waals surface area contributed by atoms with E-state index in [2.05, 4.69) is 15.0 Å². The Kier molecular flexibility index (Phi) is 2.19. The number of nitrogens with one attached hydrogen (secondary N) is 1. The fourth-order valence-electron chi connectivity index (χ4n) is 1.84. The van der Waals surface area contributed by atoms with Crippen LogP contribution in [0.5, 0.6) is 0 Å². The lowest BCUT2D eigenvalue weighted by molar-refractivity contribution is 1.14. The monoisotopic (exact) mass is 223 g/mol. The lowest BCUT2D eigenvalue weighted by Gasteiger charge is -2.04. The highest BCUT2D eigenvalue weighted by atomic mass is 16.1. The van der Waals surface area contributed by atoms with Gasteiger partial charge in [0.1, 0.15) is 0 Å². The van der Waals surface area contributed by atoms with Gasteiger partial charge in [-0.25, -0.2) is 0 Å². The van der Waals surface area contributed by atoms with E-state index < -0.39 is 0 Å². The SMILES string of the molecule is O=c1cncc(-c2cccc3cccnc23)[nH]1. The summed E-state index contributed by atoms with van der Waals surface area (Å²) in [6.45, 7) is 0. The molecular formula is C13H9N3O. The first-order valence-corrected chi connectivity index (χ1v) is 5.23. The predicted octanol–water partition coefficient (Wildman–Crippen LogP) is 1.99. The molecule has 2 heterocycles. The van der Waals surface area contributed by atoms with Crippen molar-refractivity contribution in [3.8, 4) is 11.3 Å². The summed E-state index contributed by atoms with van der Waals surface area (Å²) in [6, 6.07) is 9.71. The summed E-state index contributed by atoms with van der Waals surface area (Å²) in [5.41, 5.74) is 2.21. The maximum absolute atomic E-state index is 11.3. The van der Waals surface area contributed by atoms with Gasteiger partial charge in [0.15, 0.2) is 0 Å². The second-order valence-corrected chi connectivity index (χ2v) is 3.69. The van der Waals surface area contributed by atoms with Gasteiger partial charge in [0.2, 0.25) is 0 Å². The number of pyridine rings is 1. The molecule has 0 aliphatic carbocycles. The molecule has 0 aliphatic heterocycles. The van der Waals surface area contributed by atoms with E-state index in [1.807, 2.05) is 30.3 Å². The van der Waals surface area contributed by atoms with Crippen LogP contribution in [0.4, 0.5) is 0 Å². The van der Waals surface area contributed by atoms with Crippen LogP contribution in [-0.4, -0.2) is 15.0 Å². The molecule has 4 nitrogen and oxygen atoms in total. The number of aromatic amines is 1. The molecular weight excluding hydrogens is 214 g/mol. The summed E-state index contributed by atoms with van der Waals surface area (Å²) in [5, 5.41) is 1.04. The molecule has 0 amide bonds. The van der Waals surface area contributed by atoms with E-state index in [1.54, 1.807) is 12.4 Å². The zero-order chi connectivity index (χ0) is 11.7. The highest BCUT2D eigenvalue weighted by molar-refractivity contribution is 5.92. The third-order valence-electron chi connectivity index (χ3n) is 2.58. The Morgan fingerprint density at radius 2 is 1.94 bits per heavy atom. The number of nitrogens with zero attached hydrogens (tertiary/aromatic N) is 2. The third-order valence-corrected chi connectivity index (χ3v) is 2.58. The van der Waals surface area contributed by atoms with Crippen molar-refractivity contribution in [3.05, 3.63) is 59.3 Å². The summed E-state index contributed by atoms with van der Waals surface area (Å²) in [4.78, 5) is 22.3. The Morgan fingerprint density at radius 3 is 2.82 bits per heavy atom. The summed E-state index contributed by atoms with van der Waals surface area (Å²) in [5.74, 6) is 0. The van der Waals surface area contributed by atoms with Crippen LogP contribution in [0.2, 0.25) is 0 Å². The lowest BCUT2D eigenvalue weighted by atomic mass is 10.1. The van der Waals surface area contributed by atoms with Gasteiger partial charge in [0, 0.05) is 17.1 Å². The molecule has 2 aromatic heterocycles. The summed E-state index contributed by atoms with van der Waals surface area (Å²) in [7, 11) is 0. The van der Waals surface area contributed by atoms with Gasteiger partial charge >= 0.3 is 0 Å². The average molecular weight is 223 g/mol. The summed E-state index contributed by atoms with van der Waals surface area (Å²) in [6.07, 6.45) is 4.62. The Hall–Kier alpha value is -2.49. The van der Waals surface area contributed by atoms with Gasteiger partial charge in [-0.15, -0.1) is 0 Å². The number of aromatic nitrogens is 3. The van der Waals surface area contributed by atoms with Gasteiger partial charge < -0.3 is 4.98 Å². The standard InChI is InChI=1S/C13H9N3O/c17-12-8-14-7-11(16-12)10-5-1-3-9-4-2-6-15-13(9)10/h1-8H,(H,16,17). The fourth-order valence-corrected chi connectivity index (χ4v) is 1.84. The minimum absolute atomic E-state index is 0.213. The normalized spacial score (nSPS) is 10.6. The molecule has 1 N–H and O–H groups in total. The van der Waals surface area contributed by atoms with Gasteiger partial charge in [-0.05, 0) is 6.07 Å². The third kappa shape index (κ3) is 1.69. The van der Waals surface area contributed by atoms with E-state index in [4.69, 9.17) is 0 Å². The first kappa shape index (κ1) is 9.72. The summed E-state index contributed by atoms with van der Waals surface area (Å²) < 4.78 is 0. The van der Waals surface area contributed by atoms with Crippen LogP contribution in [0.25, 0.3) is 22.2 Å². The minimum Gasteiger partial charge on any atom is -0.319 e. The van der Waals surface area contributed by atoms with Crippen molar-refractivity contribution in [3.63, 3.8) is 0 Å². The van der Waals surface area contributed by atoms with E-state index in [0.717, 1.165) is 16.5 Å². The van der Waals surface area contributed by atoms with Crippen LogP contribution >= 0.6 is 0 Å². The first-order chi connectivity index (χ1) is 8.34. The topological polar surface area (TPSA) is 58.6 Å². The maximum Gasteiger partial charge on any atom is 0.266 e. The molecule has 0 saturated heterocycles. The second kappa shape index (κ2) is 3.83. The average Bonchev–Trinajstić information content (AvgIpc) is 2.38. The van der Waals surface area contributed by atoms with Crippen LogP contribution in [0, 0.1) is 0 Å². The number of rotatable bonds is 1. The maximum atomic E-state index is 11.3. The van der Waals surface area contributed by atoms with Gasteiger partial charge in [0.05, 0.1) is 23.6 Å². The fraction of sp³-hybridized carbons (Fsp3) is 0. The smallest absolute Gasteiger partial charge is 0.266 e. The van der Waals surface area contributed by atoms with Gasteiger partial charge in [-0.3, -0.25) is 14.8 Å². The predicted molar refractivity (Wildman–Crippen MR) is 65.6 cm³/mol. The Morgan fingerprint density at radius 1 is 1.06 bits per heavy atom. The second-order valence-electron chi connectivity index (χ2n) is 3.69. The highest BCUT2D eigenvalue weighted by Crippen LogP contribution is 2.23. The number of para-hydroxylation sites is 1. The molecule has 1 aromatic carbocycles. The van der Waals surface area contributed by atoms with E-state index in [-0.39, 0.29) is 5.56 Å². The Balaban J connectivity index is 2.34. The van der Waals surface area contributed by atoms with Crippen molar-refractivity contribution < 1.29 is 0 Å². The van der Waals surface area contributed by atoms with Crippen molar-refractivity contribution in [2.75, 3.05) is 0 Å². The zero-order valence-corrected chi connectivity index (χ0v) is 8.92. The van der Waals surface area contributed by atoms with Crippen molar-refractivity contribution >= 4 is 10.9 Å². The Labute approximate surface area is 97.0 Å².